The summed E-state index contributed by atoms with van der Waals surface area (Å²) in [5, 5.41) is 3.07. The molecule has 0 aliphatic rings. The van der Waals surface area contributed by atoms with Crippen molar-refractivity contribution in [3.8, 4) is 0 Å². The van der Waals surface area contributed by atoms with E-state index in [1.165, 1.54) is 0 Å². The average Bonchev–Trinajstić information content (AvgIpc) is 1.85. The number of nitrogens with one attached hydrogen (secondary N) is 1. The fourth-order valence-electron chi connectivity index (χ4n) is 0.639. The Labute approximate surface area is 70.1 Å². The van der Waals surface area contributed by atoms with Crippen LogP contribution in [0.5, 0.6) is 0 Å². The Hall–Kier alpha value is -0.370. The van der Waals surface area contributed by atoms with Crippen molar-refractivity contribution in [2.24, 2.45) is 10.4 Å². The van der Waals surface area contributed by atoms with Crippen LogP contribution in [0.15, 0.2) is 4.99 Å². The molecule has 0 heterocycles. The largest absolute Gasteiger partial charge is 0.319 e. The van der Waals surface area contributed by atoms with Crippen LogP contribution in [0.3, 0.4) is 0 Å². The van der Waals surface area contributed by atoms with Crippen LogP contribution in [-0.2, 0) is 0 Å². The van der Waals surface area contributed by atoms with Gasteiger partial charge in [-0.25, -0.2) is 0 Å². The quantitative estimate of drug-likeness (QED) is 0.486. The van der Waals surface area contributed by atoms with Crippen molar-refractivity contribution in [3.05, 3.63) is 0 Å². The van der Waals surface area contributed by atoms with E-state index in [1.54, 1.807) is 0 Å². The average molecular weight is 156 g/mol. The van der Waals surface area contributed by atoms with Gasteiger partial charge in [0, 0.05) is 6.54 Å². The molecular formula is C9H20N2. The van der Waals surface area contributed by atoms with E-state index in [1.807, 2.05) is 13.3 Å². The van der Waals surface area contributed by atoms with Gasteiger partial charge in [0.25, 0.3) is 0 Å². The molecule has 0 aromatic heterocycles. The molecule has 11 heavy (non-hydrogen) atoms. The first-order chi connectivity index (χ1) is 5.06. The fraction of sp³-hybridized carbons (Fsp3) is 0.889. The van der Waals surface area contributed by atoms with Gasteiger partial charge in [-0.2, -0.15) is 0 Å². The smallest absolute Gasteiger partial charge is 0.0433 e. The summed E-state index contributed by atoms with van der Waals surface area (Å²) in [4.78, 5) is 4.32. The predicted octanol–water partition coefficient (Wildman–Crippen LogP) is 1.71. The lowest BCUT2D eigenvalue weighted by atomic mass is 9.97. The van der Waals surface area contributed by atoms with Gasteiger partial charge >= 0.3 is 0 Å². The highest BCUT2D eigenvalue weighted by Crippen LogP contribution is 2.12. The topological polar surface area (TPSA) is 24.4 Å². The molecule has 0 rings (SSSR count). The van der Waals surface area contributed by atoms with Crippen molar-refractivity contribution in [3.63, 3.8) is 0 Å². The van der Waals surface area contributed by atoms with Gasteiger partial charge in [-0.15, -0.1) is 0 Å². The maximum atomic E-state index is 4.32. The second-order valence-corrected chi connectivity index (χ2v) is 3.98. The molecule has 0 fully saturated rings. The minimum absolute atomic E-state index is 0.330. The Bertz CT molecular complexity index is 111. The predicted molar refractivity (Wildman–Crippen MR) is 51.4 cm³/mol. The first kappa shape index (κ1) is 10.6. The molecule has 1 N–H and O–H groups in total. The third-order valence-electron chi connectivity index (χ3n) is 1.22. The zero-order valence-electron chi connectivity index (χ0n) is 8.15. The summed E-state index contributed by atoms with van der Waals surface area (Å²) in [5.41, 5.74) is 0.330. The van der Waals surface area contributed by atoms with Crippen LogP contribution in [0.1, 0.15) is 27.2 Å². The molecule has 0 saturated heterocycles. The molecule has 0 aliphatic carbocycles. The number of nitrogens with zero attached hydrogens (tertiary/aromatic N) is 1. The van der Waals surface area contributed by atoms with E-state index in [-0.39, 0.29) is 0 Å². The molecule has 2 heteroatoms. The van der Waals surface area contributed by atoms with Crippen molar-refractivity contribution in [1.82, 2.24) is 5.32 Å². The lowest BCUT2D eigenvalue weighted by molar-refractivity contribution is 0.430. The van der Waals surface area contributed by atoms with Crippen LogP contribution in [0.25, 0.3) is 0 Å². The van der Waals surface area contributed by atoms with E-state index in [2.05, 4.69) is 31.1 Å². The van der Waals surface area contributed by atoms with Crippen LogP contribution < -0.4 is 5.32 Å². The van der Waals surface area contributed by atoms with E-state index in [4.69, 9.17) is 0 Å². The molecule has 0 aliphatic heterocycles. The maximum absolute atomic E-state index is 4.32. The molecule has 2 nitrogen and oxygen atoms in total. The normalized spacial score (nSPS) is 12.7. The van der Waals surface area contributed by atoms with Crippen LogP contribution in [-0.4, -0.2) is 26.4 Å². The van der Waals surface area contributed by atoms with E-state index < -0.39 is 0 Å². The molecule has 0 aromatic carbocycles. The minimum Gasteiger partial charge on any atom is -0.319 e. The molecule has 0 amide bonds. The van der Waals surface area contributed by atoms with Crippen molar-refractivity contribution in [1.29, 1.82) is 0 Å². The number of aliphatic imine (C=N–C) groups is 1. The Morgan fingerprint density at radius 3 is 2.45 bits per heavy atom. The van der Waals surface area contributed by atoms with Crippen molar-refractivity contribution < 1.29 is 0 Å². The first-order valence-electron chi connectivity index (χ1n) is 4.19. The summed E-state index contributed by atoms with van der Waals surface area (Å²) in [6, 6.07) is 0. The van der Waals surface area contributed by atoms with Gasteiger partial charge in [0.2, 0.25) is 0 Å². The van der Waals surface area contributed by atoms with E-state index in [0.29, 0.717) is 5.41 Å². The Kier molecular flexibility index (Phi) is 5.12. The van der Waals surface area contributed by atoms with Crippen molar-refractivity contribution >= 4 is 6.21 Å². The Morgan fingerprint density at radius 1 is 1.36 bits per heavy atom. The summed E-state index contributed by atoms with van der Waals surface area (Å²) < 4.78 is 0. The summed E-state index contributed by atoms with van der Waals surface area (Å²) in [5.74, 6) is 0. The summed E-state index contributed by atoms with van der Waals surface area (Å²) in [6.07, 6.45) is 3.04. The maximum Gasteiger partial charge on any atom is 0.0433 e. The molecular weight excluding hydrogens is 136 g/mol. The van der Waals surface area contributed by atoms with E-state index >= 15 is 0 Å². The lowest BCUT2D eigenvalue weighted by Gasteiger charge is -2.13. The van der Waals surface area contributed by atoms with Crippen molar-refractivity contribution in [2.75, 3.05) is 20.1 Å². The SMILES string of the molecule is CNCCC=NCC(C)(C)C. The number of hydrogen-bond donors (Lipinski definition) is 1. The van der Waals surface area contributed by atoms with Gasteiger partial charge in [0.15, 0.2) is 0 Å². The molecule has 0 aromatic rings. The highest BCUT2D eigenvalue weighted by molar-refractivity contribution is 5.57. The van der Waals surface area contributed by atoms with E-state index in [9.17, 15) is 0 Å². The van der Waals surface area contributed by atoms with Gasteiger partial charge in [-0.05, 0) is 31.6 Å². The molecule has 0 saturated carbocycles. The Balaban J connectivity index is 3.30. The Morgan fingerprint density at radius 2 is 2.00 bits per heavy atom. The standard InChI is InChI=1S/C9H20N2/c1-9(2,3)8-11-7-5-6-10-4/h7,10H,5-6,8H2,1-4H3. The van der Waals surface area contributed by atoms with Gasteiger partial charge in [0.05, 0.1) is 0 Å². The minimum atomic E-state index is 0.330. The third-order valence-corrected chi connectivity index (χ3v) is 1.22. The third kappa shape index (κ3) is 9.63. The zero-order chi connectivity index (χ0) is 8.74. The zero-order valence-corrected chi connectivity index (χ0v) is 8.15. The van der Waals surface area contributed by atoms with Gasteiger partial charge < -0.3 is 5.32 Å². The molecule has 0 unspecified atom stereocenters. The molecule has 66 valence electrons. The highest BCUT2D eigenvalue weighted by atomic mass is 14.8. The molecule has 0 atom stereocenters. The summed E-state index contributed by atoms with van der Waals surface area (Å²) >= 11 is 0. The van der Waals surface area contributed by atoms with Crippen molar-refractivity contribution in [2.45, 2.75) is 27.2 Å². The van der Waals surface area contributed by atoms with E-state index in [0.717, 1.165) is 19.5 Å². The molecule has 0 radical (unpaired) electrons. The number of rotatable bonds is 4. The second-order valence-electron chi connectivity index (χ2n) is 3.98. The lowest BCUT2D eigenvalue weighted by Crippen LogP contribution is -2.11. The molecule has 0 bridgehead atoms. The number of hydrogen-bond acceptors (Lipinski definition) is 2. The van der Waals surface area contributed by atoms with Gasteiger partial charge in [-0.1, -0.05) is 20.8 Å². The summed E-state index contributed by atoms with van der Waals surface area (Å²) in [7, 11) is 1.96. The van der Waals surface area contributed by atoms with Gasteiger partial charge in [-0.3, -0.25) is 4.99 Å². The fourth-order valence-corrected chi connectivity index (χ4v) is 0.639. The van der Waals surface area contributed by atoms with Crippen LogP contribution in [0, 0.1) is 5.41 Å². The second kappa shape index (κ2) is 5.30. The van der Waals surface area contributed by atoms with Crippen LogP contribution in [0.4, 0.5) is 0 Å². The monoisotopic (exact) mass is 156 g/mol. The first-order valence-corrected chi connectivity index (χ1v) is 4.19. The summed E-state index contributed by atoms with van der Waals surface area (Å²) in [6.45, 7) is 8.54. The molecule has 0 spiro atoms. The van der Waals surface area contributed by atoms with Gasteiger partial charge in [0.1, 0.15) is 0 Å². The van der Waals surface area contributed by atoms with Crippen LogP contribution >= 0.6 is 0 Å². The highest BCUT2D eigenvalue weighted by Gasteiger charge is 2.06. The van der Waals surface area contributed by atoms with Crippen LogP contribution in [0.2, 0.25) is 0 Å².